The van der Waals surface area contributed by atoms with Crippen LogP contribution in [0.2, 0.25) is 0 Å². The first-order chi connectivity index (χ1) is 11.4. The van der Waals surface area contributed by atoms with E-state index in [0.717, 1.165) is 30.6 Å². The van der Waals surface area contributed by atoms with E-state index in [-0.39, 0.29) is 10.8 Å². The fraction of sp³-hybridized carbons (Fsp3) is 0.278. The fourth-order valence-electron chi connectivity index (χ4n) is 2.61. The topological polar surface area (TPSA) is 66.5 Å². The van der Waals surface area contributed by atoms with Crippen LogP contribution in [0.5, 0.6) is 0 Å². The molecule has 2 aromatic rings. The Labute approximate surface area is 142 Å². The molecule has 0 saturated carbocycles. The molecule has 6 heteroatoms. The predicted molar refractivity (Wildman–Crippen MR) is 93.7 cm³/mol. The third-order valence-corrected chi connectivity index (χ3v) is 5.54. The van der Waals surface area contributed by atoms with Gasteiger partial charge in [-0.3, -0.25) is 9.52 Å². The summed E-state index contributed by atoms with van der Waals surface area (Å²) in [4.78, 5) is 14.3. The molecule has 1 fully saturated rings. The number of amides is 1. The summed E-state index contributed by atoms with van der Waals surface area (Å²) >= 11 is 0. The average Bonchev–Trinajstić information content (AvgIpc) is 2.45. The normalized spacial score (nSPS) is 14.2. The number of likely N-dealkylation sites (tertiary alicyclic amines) is 1. The summed E-state index contributed by atoms with van der Waals surface area (Å²) in [6.07, 6.45) is 0.998. The number of hydrogen-bond donors (Lipinski definition) is 1. The van der Waals surface area contributed by atoms with Gasteiger partial charge in [0.1, 0.15) is 0 Å². The largest absolute Gasteiger partial charge is 0.339 e. The van der Waals surface area contributed by atoms with E-state index in [4.69, 9.17) is 0 Å². The summed E-state index contributed by atoms with van der Waals surface area (Å²) in [5, 5.41) is 0. The number of hydrogen-bond acceptors (Lipinski definition) is 3. The molecule has 126 valence electrons. The average molecular weight is 344 g/mol. The summed E-state index contributed by atoms with van der Waals surface area (Å²) in [6.45, 7) is 5.18. The minimum atomic E-state index is -3.74. The number of aryl methyl sites for hydroxylation is 2. The molecule has 0 atom stereocenters. The maximum absolute atomic E-state index is 12.6. The van der Waals surface area contributed by atoms with Gasteiger partial charge in [-0.1, -0.05) is 18.2 Å². The number of benzene rings is 2. The molecule has 5 nitrogen and oxygen atoms in total. The molecule has 1 heterocycles. The lowest BCUT2D eigenvalue weighted by Gasteiger charge is -2.31. The minimum Gasteiger partial charge on any atom is -0.339 e. The van der Waals surface area contributed by atoms with E-state index in [2.05, 4.69) is 4.72 Å². The molecular weight excluding hydrogens is 324 g/mol. The van der Waals surface area contributed by atoms with Crippen molar-refractivity contribution in [3.05, 3.63) is 59.2 Å². The highest BCUT2D eigenvalue weighted by atomic mass is 32.2. The maximum atomic E-state index is 12.6. The lowest BCUT2D eigenvalue weighted by atomic mass is 10.1. The molecule has 0 spiro atoms. The molecule has 0 aliphatic carbocycles. The van der Waals surface area contributed by atoms with Crippen molar-refractivity contribution in [3.63, 3.8) is 0 Å². The molecule has 0 unspecified atom stereocenters. The van der Waals surface area contributed by atoms with Gasteiger partial charge in [-0.05, 0) is 55.7 Å². The Balaban J connectivity index is 1.91. The molecule has 0 bridgehead atoms. The molecule has 0 aromatic heterocycles. The number of sulfonamides is 1. The van der Waals surface area contributed by atoms with E-state index in [1.165, 1.54) is 12.1 Å². The van der Waals surface area contributed by atoms with Crippen molar-refractivity contribution in [3.8, 4) is 0 Å². The first-order valence-electron chi connectivity index (χ1n) is 7.86. The third kappa shape index (κ3) is 3.28. The molecular formula is C18H20N2O3S. The van der Waals surface area contributed by atoms with E-state index in [9.17, 15) is 13.2 Å². The number of nitrogens with zero attached hydrogens (tertiary/aromatic N) is 1. The molecule has 1 aliphatic rings. The Morgan fingerprint density at radius 3 is 2.46 bits per heavy atom. The zero-order valence-corrected chi connectivity index (χ0v) is 14.6. The number of carbonyl (C=O) groups is 1. The highest BCUT2D eigenvalue weighted by Gasteiger charge is 2.25. The van der Waals surface area contributed by atoms with E-state index in [1.54, 1.807) is 29.2 Å². The molecule has 3 rings (SSSR count). The van der Waals surface area contributed by atoms with Crippen LogP contribution >= 0.6 is 0 Å². The summed E-state index contributed by atoms with van der Waals surface area (Å²) < 4.78 is 27.8. The van der Waals surface area contributed by atoms with Gasteiger partial charge < -0.3 is 4.90 Å². The molecule has 0 radical (unpaired) electrons. The lowest BCUT2D eigenvalue weighted by molar-refractivity contribution is 0.0651. The Kier molecular flexibility index (Phi) is 4.32. The Morgan fingerprint density at radius 2 is 1.83 bits per heavy atom. The Bertz CT molecular complexity index is 887. The molecule has 1 saturated heterocycles. The second kappa shape index (κ2) is 6.28. The molecule has 1 aliphatic heterocycles. The van der Waals surface area contributed by atoms with Crippen LogP contribution in [0.15, 0.2) is 47.4 Å². The quantitative estimate of drug-likeness (QED) is 0.927. The number of anilines is 1. The SMILES string of the molecule is Cc1cccc(NS(=O)(=O)c2ccc(C)c(C(=O)N3CCC3)c2)c1. The Hall–Kier alpha value is -2.34. The van der Waals surface area contributed by atoms with Gasteiger partial charge in [-0.25, -0.2) is 8.42 Å². The van der Waals surface area contributed by atoms with Gasteiger partial charge in [0.25, 0.3) is 15.9 Å². The highest BCUT2D eigenvalue weighted by Crippen LogP contribution is 2.22. The van der Waals surface area contributed by atoms with Crippen molar-refractivity contribution in [1.82, 2.24) is 4.90 Å². The van der Waals surface area contributed by atoms with Crippen LogP contribution in [-0.4, -0.2) is 32.3 Å². The second-order valence-electron chi connectivity index (χ2n) is 6.10. The Morgan fingerprint density at radius 1 is 1.08 bits per heavy atom. The molecule has 1 N–H and O–H groups in total. The van der Waals surface area contributed by atoms with Gasteiger partial charge in [0.2, 0.25) is 0 Å². The van der Waals surface area contributed by atoms with Gasteiger partial charge in [0.05, 0.1) is 4.90 Å². The molecule has 1 amide bonds. The summed E-state index contributed by atoms with van der Waals surface area (Å²) in [5.41, 5.74) is 2.70. The van der Waals surface area contributed by atoms with Crippen LogP contribution in [0, 0.1) is 13.8 Å². The smallest absolute Gasteiger partial charge is 0.261 e. The van der Waals surface area contributed by atoms with Gasteiger partial charge in [0.15, 0.2) is 0 Å². The van der Waals surface area contributed by atoms with Crippen molar-refractivity contribution >= 4 is 21.6 Å². The molecule has 2 aromatic carbocycles. The number of rotatable bonds is 4. The molecule has 24 heavy (non-hydrogen) atoms. The van der Waals surface area contributed by atoms with Crippen molar-refractivity contribution in [2.75, 3.05) is 17.8 Å². The van der Waals surface area contributed by atoms with Crippen molar-refractivity contribution in [1.29, 1.82) is 0 Å². The predicted octanol–water partition coefficient (Wildman–Crippen LogP) is 2.95. The van der Waals surface area contributed by atoms with Gasteiger partial charge in [0, 0.05) is 24.3 Å². The van der Waals surface area contributed by atoms with Crippen LogP contribution in [0.25, 0.3) is 0 Å². The van der Waals surface area contributed by atoms with Crippen molar-refractivity contribution < 1.29 is 13.2 Å². The van der Waals surface area contributed by atoms with Crippen LogP contribution in [0.4, 0.5) is 5.69 Å². The van der Waals surface area contributed by atoms with Crippen LogP contribution < -0.4 is 4.72 Å². The first kappa shape index (κ1) is 16.5. The van der Waals surface area contributed by atoms with E-state index >= 15 is 0 Å². The second-order valence-corrected chi connectivity index (χ2v) is 7.78. The van der Waals surface area contributed by atoms with E-state index < -0.39 is 10.0 Å². The third-order valence-electron chi connectivity index (χ3n) is 4.16. The van der Waals surface area contributed by atoms with Crippen LogP contribution in [0.3, 0.4) is 0 Å². The van der Waals surface area contributed by atoms with Gasteiger partial charge in [-0.15, -0.1) is 0 Å². The van der Waals surface area contributed by atoms with Crippen LogP contribution in [0.1, 0.15) is 27.9 Å². The maximum Gasteiger partial charge on any atom is 0.261 e. The van der Waals surface area contributed by atoms with Crippen molar-refractivity contribution in [2.45, 2.75) is 25.2 Å². The van der Waals surface area contributed by atoms with E-state index in [0.29, 0.717) is 11.3 Å². The van der Waals surface area contributed by atoms with Gasteiger partial charge in [-0.2, -0.15) is 0 Å². The lowest BCUT2D eigenvalue weighted by Crippen LogP contribution is -2.42. The number of nitrogens with one attached hydrogen (secondary N) is 1. The zero-order valence-electron chi connectivity index (χ0n) is 13.7. The van der Waals surface area contributed by atoms with Crippen LogP contribution in [-0.2, 0) is 10.0 Å². The standard InChI is InChI=1S/C18H20N2O3S/c1-13-5-3-6-15(11-13)19-24(22,23)16-8-7-14(2)17(12-16)18(21)20-9-4-10-20/h3,5-8,11-12,19H,4,9-10H2,1-2H3. The zero-order chi connectivity index (χ0) is 17.3. The van der Waals surface area contributed by atoms with Gasteiger partial charge >= 0.3 is 0 Å². The first-order valence-corrected chi connectivity index (χ1v) is 9.34. The monoisotopic (exact) mass is 344 g/mol. The van der Waals surface area contributed by atoms with Crippen molar-refractivity contribution in [2.24, 2.45) is 0 Å². The summed E-state index contributed by atoms with van der Waals surface area (Å²) in [5.74, 6) is -0.105. The minimum absolute atomic E-state index is 0.0958. The summed E-state index contributed by atoms with van der Waals surface area (Å²) in [6, 6.07) is 11.8. The fourth-order valence-corrected chi connectivity index (χ4v) is 3.69. The number of carbonyl (C=O) groups excluding carboxylic acids is 1. The van der Waals surface area contributed by atoms with E-state index in [1.807, 2.05) is 19.9 Å². The highest BCUT2D eigenvalue weighted by molar-refractivity contribution is 7.92. The summed E-state index contributed by atoms with van der Waals surface area (Å²) in [7, 11) is -3.74.